The molecule has 166 valence electrons. The number of amides is 2. The number of hydrazine groups is 1. The highest BCUT2D eigenvalue weighted by atomic mass is 35.5. The van der Waals surface area contributed by atoms with E-state index >= 15 is 0 Å². The van der Waals surface area contributed by atoms with Gasteiger partial charge in [0, 0.05) is 27.7 Å². The molecular formula is C23H23ClN4O3S. The van der Waals surface area contributed by atoms with E-state index in [1.807, 2.05) is 39.0 Å². The summed E-state index contributed by atoms with van der Waals surface area (Å²) in [6, 6.07) is 14.2. The van der Waals surface area contributed by atoms with Gasteiger partial charge in [-0.15, -0.1) is 0 Å². The Morgan fingerprint density at radius 2 is 1.66 bits per heavy atom. The van der Waals surface area contributed by atoms with Crippen LogP contribution in [-0.2, 0) is 10.5 Å². The van der Waals surface area contributed by atoms with Crippen LogP contribution in [0.4, 0.5) is 0 Å². The number of halogens is 1. The van der Waals surface area contributed by atoms with E-state index in [0.717, 1.165) is 27.7 Å². The highest BCUT2D eigenvalue weighted by Crippen LogP contribution is 2.21. The van der Waals surface area contributed by atoms with Crippen LogP contribution in [0.3, 0.4) is 0 Å². The van der Waals surface area contributed by atoms with E-state index in [1.54, 1.807) is 30.3 Å². The maximum Gasteiger partial charge on any atom is 0.276 e. The first-order valence-electron chi connectivity index (χ1n) is 9.82. The number of hydrogen-bond acceptors (Lipinski definition) is 6. The molecular weight excluding hydrogens is 448 g/mol. The van der Waals surface area contributed by atoms with E-state index < -0.39 is 11.8 Å². The minimum absolute atomic E-state index is 0.238. The third-order valence-corrected chi connectivity index (χ3v) is 5.70. The van der Waals surface area contributed by atoms with Crippen molar-refractivity contribution >= 4 is 35.2 Å². The minimum Gasteiger partial charge on any atom is -0.484 e. The van der Waals surface area contributed by atoms with Gasteiger partial charge in [-0.25, -0.2) is 9.97 Å². The van der Waals surface area contributed by atoms with Crippen LogP contribution in [0.2, 0.25) is 5.02 Å². The summed E-state index contributed by atoms with van der Waals surface area (Å²) in [7, 11) is 0. The zero-order valence-corrected chi connectivity index (χ0v) is 19.5. The van der Waals surface area contributed by atoms with Crippen molar-refractivity contribution in [2.45, 2.75) is 31.7 Å². The quantitative estimate of drug-likeness (QED) is 0.305. The van der Waals surface area contributed by atoms with Gasteiger partial charge in [-0.05, 0) is 68.3 Å². The smallest absolute Gasteiger partial charge is 0.276 e. The van der Waals surface area contributed by atoms with Crippen molar-refractivity contribution in [3.8, 4) is 5.75 Å². The zero-order chi connectivity index (χ0) is 23.1. The van der Waals surface area contributed by atoms with Crippen LogP contribution in [-0.4, -0.2) is 28.4 Å². The number of nitrogens with zero attached hydrogens (tertiary/aromatic N) is 2. The van der Waals surface area contributed by atoms with Gasteiger partial charge in [-0.1, -0.05) is 35.5 Å². The van der Waals surface area contributed by atoms with E-state index in [9.17, 15) is 9.59 Å². The third kappa shape index (κ3) is 6.96. The maximum absolute atomic E-state index is 12.3. The van der Waals surface area contributed by atoms with Crippen molar-refractivity contribution in [2.24, 2.45) is 0 Å². The molecule has 1 heterocycles. The molecule has 32 heavy (non-hydrogen) atoms. The number of nitrogens with one attached hydrogen (secondary N) is 2. The van der Waals surface area contributed by atoms with Gasteiger partial charge in [-0.2, -0.15) is 0 Å². The van der Waals surface area contributed by atoms with Gasteiger partial charge in [0.05, 0.1) is 0 Å². The standard InChI is InChI=1S/C23H23ClN4O3S/c1-14-10-19(8-9-20(14)24)31-12-21(29)27-28-22(30)18-6-4-17(5-7-18)13-32-23-25-15(2)11-16(3)26-23/h4-11H,12-13H2,1-3H3,(H,27,29)(H,28,30). The van der Waals surface area contributed by atoms with Crippen LogP contribution in [0.1, 0.15) is 32.9 Å². The van der Waals surface area contributed by atoms with Crippen molar-refractivity contribution in [1.29, 1.82) is 0 Å². The first kappa shape index (κ1) is 23.6. The Morgan fingerprint density at radius 3 is 2.31 bits per heavy atom. The fourth-order valence-corrected chi connectivity index (χ4v) is 3.77. The van der Waals surface area contributed by atoms with Gasteiger partial charge in [0.15, 0.2) is 11.8 Å². The number of ether oxygens (including phenoxy) is 1. The average Bonchev–Trinajstić information content (AvgIpc) is 2.76. The molecule has 0 spiro atoms. The molecule has 0 saturated carbocycles. The summed E-state index contributed by atoms with van der Waals surface area (Å²) in [5.41, 5.74) is 8.89. The number of aromatic nitrogens is 2. The van der Waals surface area contributed by atoms with Gasteiger partial charge in [-0.3, -0.25) is 20.4 Å². The zero-order valence-electron chi connectivity index (χ0n) is 17.9. The van der Waals surface area contributed by atoms with E-state index in [1.165, 1.54) is 11.8 Å². The minimum atomic E-state index is -0.479. The van der Waals surface area contributed by atoms with Gasteiger partial charge < -0.3 is 4.74 Å². The van der Waals surface area contributed by atoms with Crippen molar-refractivity contribution in [2.75, 3.05) is 6.61 Å². The van der Waals surface area contributed by atoms with Crippen molar-refractivity contribution in [1.82, 2.24) is 20.8 Å². The highest BCUT2D eigenvalue weighted by Gasteiger charge is 2.09. The fraction of sp³-hybridized carbons (Fsp3) is 0.217. The normalized spacial score (nSPS) is 10.5. The number of aryl methyl sites for hydroxylation is 3. The Hall–Kier alpha value is -3.10. The second kappa shape index (κ2) is 11.0. The molecule has 0 fully saturated rings. The Bertz CT molecular complexity index is 1100. The second-order valence-electron chi connectivity index (χ2n) is 7.12. The van der Waals surface area contributed by atoms with Crippen LogP contribution < -0.4 is 15.6 Å². The lowest BCUT2D eigenvalue weighted by molar-refractivity contribution is -0.123. The summed E-state index contributed by atoms with van der Waals surface area (Å²) < 4.78 is 5.40. The van der Waals surface area contributed by atoms with Crippen LogP contribution in [0.5, 0.6) is 5.75 Å². The van der Waals surface area contributed by atoms with Crippen LogP contribution in [0.15, 0.2) is 53.7 Å². The van der Waals surface area contributed by atoms with Gasteiger partial charge in [0.25, 0.3) is 11.8 Å². The summed E-state index contributed by atoms with van der Waals surface area (Å²) in [6.45, 7) is 5.49. The molecule has 0 saturated heterocycles. The van der Waals surface area contributed by atoms with Crippen molar-refractivity contribution in [3.05, 3.63) is 81.6 Å². The lowest BCUT2D eigenvalue weighted by Crippen LogP contribution is -2.43. The molecule has 0 radical (unpaired) electrons. The Labute approximate surface area is 195 Å². The molecule has 0 aliphatic rings. The Morgan fingerprint density at radius 1 is 0.969 bits per heavy atom. The number of benzene rings is 2. The van der Waals surface area contributed by atoms with Gasteiger partial charge in [0.1, 0.15) is 5.75 Å². The fourth-order valence-electron chi connectivity index (χ4n) is 2.75. The molecule has 9 heteroatoms. The molecule has 2 N–H and O–H groups in total. The molecule has 3 rings (SSSR count). The molecule has 7 nitrogen and oxygen atoms in total. The van der Waals surface area contributed by atoms with Crippen LogP contribution in [0, 0.1) is 20.8 Å². The predicted octanol–water partition coefficient (Wildman–Crippen LogP) is 4.19. The van der Waals surface area contributed by atoms with Crippen LogP contribution >= 0.6 is 23.4 Å². The largest absolute Gasteiger partial charge is 0.484 e. The summed E-state index contributed by atoms with van der Waals surface area (Å²) in [5.74, 6) is 0.307. The number of rotatable bonds is 7. The van der Waals surface area contributed by atoms with Gasteiger partial charge >= 0.3 is 0 Å². The summed E-state index contributed by atoms with van der Waals surface area (Å²) >= 11 is 7.50. The average molecular weight is 471 g/mol. The van der Waals surface area contributed by atoms with Gasteiger partial charge in [0.2, 0.25) is 0 Å². The third-order valence-electron chi connectivity index (χ3n) is 4.36. The van der Waals surface area contributed by atoms with E-state index in [-0.39, 0.29) is 6.61 Å². The Kier molecular flexibility index (Phi) is 8.08. The summed E-state index contributed by atoms with van der Waals surface area (Å²) in [5, 5.41) is 1.35. The second-order valence-corrected chi connectivity index (χ2v) is 8.47. The molecule has 1 aromatic heterocycles. The SMILES string of the molecule is Cc1cc(C)nc(SCc2ccc(C(=O)NNC(=O)COc3ccc(Cl)c(C)c3)cc2)n1. The molecule has 0 bridgehead atoms. The molecule has 0 aliphatic heterocycles. The lowest BCUT2D eigenvalue weighted by atomic mass is 10.1. The number of thioether (sulfide) groups is 1. The Balaban J connectivity index is 1.44. The molecule has 0 atom stereocenters. The molecule has 3 aromatic rings. The van der Waals surface area contributed by atoms with E-state index in [4.69, 9.17) is 16.3 Å². The first-order chi connectivity index (χ1) is 15.3. The van der Waals surface area contributed by atoms with Crippen molar-refractivity contribution in [3.63, 3.8) is 0 Å². The highest BCUT2D eigenvalue weighted by molar-refractivity contribution is 7.98. The summed E-state index contributed by atoms with van der Waals surface area (Å²) in [4.78, 5) is 33.0. The molecule has 0 unspecified atom stereocenters. The number of hydrogen-bond donors (Lipinski definition) is 2. The topological polar surface area (TPSA) is 93.2 Å². The summed E-state index contributed by atoms with van der Waals surface area (Å²) in [6.07, 6.45) is 0. The monoisotopic (exact) mass is 470 g/mol. The predicted molar refractivity (Wildman–Crippen MR) is 125 cm³/mol. The maximum atomic E-state index is 12.3. The first-order valence-corrected chi connectivity index (χ1v) is 11.2. The number of carbonyl (C=O) groups is 2. The number of carbonyl (C=O) groups excluding carboxylic acids is 2. The van der Waals surface area contributed by atoms with Crippen molar-refractivity contribution < 1.29 is 14.3 Å². The lowest BCUT2D eigenvalue weighted by Gasteiger charge is -2.10. The molecule has 2 amide bonds. The molecule has 0 aliphatic carbocycles. The van der Waals surface area contributed by atoms with E-state index in [2.05, 4.69) is 20.8 Å². The van der Waals surface area contributed by atoms with Crippen LogP contribution in [0.25, 0.3) is 0 Å². The van der Waals surface area contributed by atoms with E-state index in [0.29, 0.717) is 22.1 Å². The molecule has 2 aromatic carbocycles.